The maximum Gasteiger partial charge on any atom is 0.140 e. The van der Waals surface area contributed by atoms with Crippen molar-refractivity contribution in [1.82, 2.24) is 9.55 Å². The van der Waals surface area contributed by atoms with Gasteiger partial charge >= 0.3 is 0 Å². The minimum atomic E-state index is 0.296. The normalized spacial score (nSPS) is 10.1. The molecule has 1 aromatic carbocycles. The van der Waals surface area contributed by atoms with Gasteiger partial charge in [-0.1, -0.05) is 0 Å². The van der Waals surface area contributed by atoms with Crippen LogP contribution in [0.3, 0.4) is 0 Å². The summed E-state index contributed by atoms with van der Waals surface area (Å²) >= 11 is 3.45. The predicted molar refractivity (Wildman–Crippen MR) is 72.2 cm³/mol. The second kappa shape index (κ2) is 5.23. The highest BCUT2D eigenvalue weighted by Gasteiger charge is 2.13. The summed E-state index contributed by atoms with van der Waals surface area (Å²) in [5.41, 5.74) is 1.74. The molecule has 0 atom stereocenters. The van der Waals surface area contributed by atoms with Crippen molar-refractivity contribution >= 4 is 15.9 Å². The molecule has 0 bridgehead atoms. The summed E-state index contributed by atoms with van der Waals surface area (Å²) < 4.78 is 7.89. The smallest absolute Gasteiger partial charge is 0.140 e. The molecule has 0 N–H and O–H groups in total. The topological polar surface area (TPSA) is 50.8 Å². The van der Waals surface area contributed by atoms with Crippen LogP contribution in [0.25, 0.3) is 11.4 Å². The highest BCUT2D eigenvalue weighted by Crippen LogP contribution is 2.26. The lowest BCUT2D eigenvalue weighted by molar-refractivity contribution is 0.415. The lowest BCUT2D eigenvalue weighted by atomic mass is 10.2. The molecule has 18 heavy (non-hydrogen) atoms. The van der Waals surface area contributed by atoms with Gasteiger partial charge in [0, 0.05) is 12.6 Å². The van der Waals surface area contributed by atoms with Crippen LogP contribution in [0.5, 0.6) is 5.75 Å². The molecule has 0 aliphatic carbocycles. The summed E-state index contributed by atoms with van der Waals surface area (Å²) in [6.45, 7) is 0. The average Bonchev–Trinajstić information content (AvgIpc) is 2.68. The van der Waals surface area contributed by atoms with Crippen molar-refractivity contribution in [3.63, 3.8) is 0 Å². The third-order valence-electron chi connectivity index (χ3n) is 2.69. The fraction of sp³-hybridized carbons (Fsp3) is 0.231. The number of rotatable bonds is 3. The molecular formula is C13H12BrN3O. The van der Waals surface area contributed by atoms with E-state index in [1.807, 2.05) is 35.9 Å². The van der Waals surface area contributed by atoms with Crippen LogP contribution < -0.4 is 4.74 Å². The molecule has 0 aliphatic heterocycles. The molecule has 0 unspecified atom stereocenters. The van der Waals surface area contributed by atoms with Crippen molar-refractivity contribution in [3.05, 3.63) is 34.6 Å². The van der Waals surface area contributed by atoms with Crippen LogP contribution in [0, 0.1) is 11.3 Å². The third kappa shape index (κ3) is 2.24. The Hall–Kier alpha value is -1.80. The molecule has 0 saturated heterocycles. The van der Waals surface area contributed by atoms with Gasteiger partial charge in [0.15, 0.2) is 0 Å². The van der Waals surface area contributed by atoms with E-state index in [1.54, 1.807) is 7.11 Å². The Labute approximate surface area is 114 Å². The molecule has 0 amide bonds. The molecule has 1 heterocycles. The number of aromatic nitrogens is 2. The van der Waals surface area contributed by atoms with Crippen LogP contribution >= 0.6 is 15.9 Å². The predicted octanol–water partition coefficient (Wildman–Crippen LogP) is 2.92. The van der Waals surface area contributed by atoms with Gasteiger partial charge in [-0.05, 0) is 40.2 Å². The molecule has 92 valence electrons. The molecule has 5 heteroatoms. The van der Waals surface area contributed by atoms with Gasteiger partial charge in [0.25, 0.3) is 0 Å². The van der Waals surface area contributed by atoms with E-state index in [4.69, 9.17) is 10.00 Å². The Kier molecular flexibility index (Phi) is 3.68. The molecule has 0 fully saturated rings. The number of methoxy groups -OCH3 is 1. The summed E-state index contributed by atoms with van der Waals surface area (Å²) in [6.07, 6.45) is 0.296. The largest absolute Gasteiger partial charge is 0.497 e. The van der Waals surface area contributed by atoms with Crippen molar-refractivity contribution in [3.8, 4) is 23.2 Å². The zero-order chi connectivity index (χ0) is 13.1. The first-order valence-corrected chi connectivity index (χ1v) is 6.19. The van der Waals surface area contributed by atoms with E-state index in [9.17, 15) is 0 Å². The highest BCUT2D eigenvalue weighted by molar-refractivity contribution is 9.10. The van der Waals surface area contributed by atoms with E-state index in [1.165, 1.54) is 0 Å². The monoisotopic (exact) mass is 305 g/mol. The number of ether oxygens (including phenoxy) is 1. The summed E-state index contributed by atoms with van der Waals surface area (Å²) in [7, 11) is 3.55. The van der Waals surface area contributed by atoms with Crippen LogP contribution in [0.1, 0.15) is 5.69 Å². The van der Waals surface area contributed by atoms with Gasteiger partial charge in [0.2, 0.25) is 0 Å². The molecule has 0 saturated carbocycles. The second-order valence-corrected chi connectivity index (χ2v) is 4.55. The van der Waals surface area contributed by atoms with E-state index >= 15 is 0 Å². The third-order valence-corrected chi connectivity index (χ3v) is 3.68. The zero-order valence-electron chi connectivity index (χ0n) is 10.1. The Balaban J connectivity index is 2.44. The quantitative estimate of drug-likeness (QED) is 0.876. The first-order chi connectivity index (χ1) is 8.67. The lowest BCUT2D eigenvalue weighted by Gasteiger charge is -2.04. The van der Waals surface area contributed by atoms with Crippen LogP contribution in [-0.2, 0) is 13.5 Å². The maximum absolute atomic E-state index is 8.75. The van der Waals surface area contributed by atoms with Crippen LogP contribution in [-0.4, -0.2) is 16.7 Å². The summed E-state index contributed by atoms with van der Waals surface area (Å²) in [5.74, 6) is 1.64. The van der Waals surface area contributed by atoms with E-state index in [-0.39, 0.29) is 0 Å². The Morgan fingerprint density at radius 2 is 2.06 bits per heavy atom. The van der Waals surface area contributed by atoms with Gasteiger partial charge in [0.05, 0.1) is 25.3 Å². The van der Waals surface area contributed by atoms with Gasteiger partial charge in [-0.15, -0.1) is 0 Å². The standard InChI is InChI=1S/C13H12BrN3O/c1-17-12(14)11(7-8-15)16-13(17)9-3-5-10(18-2)6-4-9/h3-6H,7H2,1-2H3. The SMILES string of the molecule is COc1ccc(-c2nc(CC#N)c(Br)n2C)cc1. The molecule has 2 aromatic rings. The molecule has 0 aliphatic rings. The van der Waals surface area contributed by atoms with Gasteiger partial charge in [-0.2, -0.15) is 5.26 Å². The Bertz CT molecular complexity index is 596. The number of hydrogen-bond donors (Lipinski definition) is 0. The highest BCUT2D eigenvalue weighted by atomic mass is 79.9. The van der Waals surface area contributed by atoms with Gasteiger partial charge in [0.1, 0.15) is 16.2 Å². The van der Waals surface area contributed by atoms with Crippen molar-refractivity contribution in [2.45, 2.75) is 6.42 Å². The first-order valence-electron chi connectivity index (χ1n) is 5.40. The minimum Gasteiger partial charge on any atom is -0.497 e. The Morgan fingerprint density at radius 1 is 1.39 bits per heavy atom. The van der Waals surface area contributed by atoms with Crippen molar-refractivity contribution in [2.24, 2.45) is 7.05 Å². The summed E-state index contributed by atoms with van der Waals surface area (Å²) in [6, 6.07) is 9.79. The van der Waals surface area contributed by atoms with Gasteiger partial charge in [-0.25, -0.2) is 4.98 Å². The lowest BCUT2D eigenvalue weighted by Crippen LogP contribution is -1.92. The minimum absolute atomic E-state index is 0.296. The molecule has 1 aromatic heterocycles. The van der Waals surface area contributed by atoms with Crippen molar-refractivity contribution < 1.29 is 4.74 Å². The number of halogens is 1. The molecule has 0 radical (unpaired) electrons. The van der Waals surface area contributed by atoms with Gasteiger partial charge in [-0.3, -0.25) is 0 Å². The number of imidazole rings is 1. The molecule has 0 spiro atoms. The van der Waals surface area contributed by atoms with E-state index in [0.29, 0.717) is 6.42 Å². The fourth-order valence-electron chi connectivity index (χ4n) is 1.72. The van der Waals surface area contributed by atoms with Crippen molar-refractivity contribution in [2.75, 3.05) is 7.11 Å². The van der Waals surface area contributed by atoms with Crippen LogP contribution in [0.2, 0.25) is 0 Å². The number of benzene rings is 1. The van der Waals surface area contributed by atoms with Crippen LogP contribution in [0.15, 0.2) is 28.9 Å². The number of hydrogen-bond acceptors (Lipinski definition) is 3. The molecular weight excluding hydrogens is 294 g/mol. The number of nitrogens with zero attached hydrogens (tertiary/aromatic N) is 3. The summed E-state index contributed by atoms with van der Waals surface area (Å²) in [4.78, 5) is 4.48. The molecule has 4 nitrogen and oxygen atoms in total. The summed E-state index contributed by atoms with van der Waals surface area (Å²) in [5, 5.41) is 8.75. The zero-order valence-corrected chi connectivity index (χ0v) is 11.7. The van der Waals surface area contributed by atoms with E-state index in [0.717, 1.165) is 27.4 Å². The van der Waals surface area contributed by atoms with E-state index in [2.05, 4.69) is 27.0 Å². The maximum atomic E-state index is 8.75. The second-order valence-electron chi connectivity index (χ2n) is 3.80. The van der Waals surface area contributed by atoms with Gasteiger partial charge < -0.3 is 9.30 Å². The average molecular weight is 306 g/mol. The fourth-order valence-corrected chi connectivity index (χ4v) is 2.12. The Morgan fingerprint density at radius 3 is 2.61 bits per heavy atom. The van der Waals surface area contributed by atoms with Crippen molar-refractivity contribution in [1.29, 1.82) is 5.26 Å². The molecule has 2 rings (SSSR count). The van der Waals surface area contributed by atoms with E-state index < -0.39 is 0 Å². The number of nitriles is 1. The van der Waals surface area contributed by atoms with Crippen LogP contribution in [0.4, 0.5) is 0 Å². The first kappa shape index (κ1) is 12.7.